The summed E-state index contributed by atoms with van der Waals surface area (Å²) in [5.74, 6) is 0.740. The van der Waals surface area contributed by atoms with Crippen molar-refractivity contribution in [2.75, 3.05) is 18.8 Å². The zero-order chi connectivity index (χ0) is 21.0. The third-order valence-corrected chi connectivity index (χ3v) is 7.57. The monoisotopic (exact) mass is 422 g/mol. The van der Waals surface area contributed by atoms with E-state index in [-0.39, 0.29) is 18.1 Å². The number of sulfonamides is 1. The molecule has 0 aromatic heterocycles. The van der Waals surface area contributed by atoms with Crippen molar-refractivity contribution in [3.05, 3.63) is 29.3 Å². The highest BCUT2D eigenvalue weighted by Gasteiger charge is 2.29. The first-order valence-corrected chi connectivity index (χ1v) is 12.4. The average Bonchev–Trinajstić information content (AvgIpc) is 2.66. The Kier molecular flexibility index (Phi) is 7.22. The van der Waals surface area contributed by atoms with Crippen LogP contribution in [-0.2, 0) is 14.8 Å². The normalized spacial score (nSPS) is 23.8. The number of amides is 1. The van der Waals surface area contributed by atoms with E-state index in [1.807, 2.05) is 18.2 Å². The molecule has 162 valence electrons. The van der Waals surface area contributed by atoms with E-state index in [1.54, 1.807) is 4.90 Å². The van der Waals surface area contributed by atoms with Crippen molar-refractivity contribution in [2.45, 2.75) is 71.4 Å². The molecule has 0 bridgehead atoms. The van der Waals surface area contributed by atoms with Crippen LogP contribution in [0.2, 0.25) is 0 Å². The Hall–Kier alpha value is -1.60. The van der Waals surface area contributed by atoms with Crippen LogP contribution < -0.4 is 9.46 Å². The second-order valence-electron chi connectivity index (χ2n) is 8.78. The van der Waals surface area contributed by atoms with Gasteiger partial charge in [-0.1, -0.05) is 13.0 Å². The summed E-state index contributed by atoms with van der Waals surface area (Å²) in [4.78, 5) is 14.2. The van der Waals surface area contributed by atoms with Gasteiger partial charge in [-0.25, -0.2) is 13.1 Å². The molecule has 1 saturated heterocycles. The predicted octanol–water partition coefficient (Wildman–Crippen LogP) is 3.17. The first-order chi connectivity index (χ1) is 13.7. The Morgan fingerprint density at radius 2 is 1.72 bits per heavy atom. The van der Waals surface area contributed by atoms with Crippen molar-refractivity contribution in [1.29, 1.82) is 0 Å². The SMILES string of the molecule is Cc1ccc(OC2CCN(C(=O)CS(=O)(=O)NC3CCC(C)CC3)CC2)cc1C. The third kappa shape index (κ3) is 6.44. The smallest absolute Gasteiger partial charge is 0.239 e. The van der Waals surface area contributed by atoms with E-state index >= 15 is 0 Å². The minimum absolute atomic E-state index is 0.0268. The van der Waals surface area contributed by atoms with Gasteiger partial charge >= 0.3 is 0 Å². The number of nitrogens with one attached hydrogen (secondary N) is 1. The minimum Gasteiger partial charge on any atom is -0.490 e. The lowest BCUT2D eigenvalue weighted by Gasteiger charge is -2.32. The molecule has 29 heavy (non-hydrogen) atoms. The Bertz CT molecular complexity index is 808. The van der Waals surface area contributed by atoms with Gasteiger partial charge in [0.2, 0.25) is 15.9 Å². The van der Waals surface area contributed by atoms with Crippen LogP contribution in [0.25, 0.3) is 0 Å². The molecule has 1 aliphatic heterocycles. The number of likely N-dealkylation sites (tertiary alicyclic amines) is 1. The Balaban J connectivity index is 1.45. The molecule has 0 unspecified atom stereocenters. The fraction of sp³-hybridized carbons (Fsp3) is 0.682. The molecule has 0 radical (unpaired) electrons. The van der Waals surface area contributed by atoms with Crippen molar-refractivity contribution >= 4 is 15.9 Å². The van der Waals surface area contributed by atoms with Crippen LogP contribution in [0, 0.1) is 19.8 Å². The molecule has 1 heterocycles. The molecule has 1 aromatic rings. The molecule has 0 atom stereocenters. The highest BCUT2D eigenvalue weighted by atomic mass is 32.2. The maximum atomic E-state index is 12.5. The fourth-order valence-electron chi connectivity index (χ4n) is 4.13. The Labute approximate surface area is 175 Å². The molecule has 1 N–H and O–H groups in total. The molecule has 6 nitrogen and oxygen atoms in total. The minimum atomic E-state index is -3.59. The Morgan fingerprint density at radius 1 is 1.07 bits per heavy atom. The maximum absolute atomic E-state index is 12.5. The molecule has 0 spiro atoms. The summed E-state index contributed by atoms with van der Waals surface area (Å²) in [6.45, 7) is 7.39. The topological polar surface area (TPSA) is 75.7 Å². The van der Waals surface area contributed by atoms with E-state index in [0.29, 0.717) is 31.8 Å². The number of carbonyl (C=O) groups is 1. The molecule has 1 amide bonds. The fourth-order valence-corrected chi connectivity index (χ4v) is 5.46. The summed E-state index contributed by atoms with van der Waals surface area (Å²) in [6.07, 6.45) is 5.27. The van der Waals surface area contributed by atoms with Gasteiger partial charge in [0, 0.05) is 32.0 Å². The summed E-state index contributed by atoms with van der Waals surface area (Å²) < 4.78 is 33.6. The number of piperidine rings is 1. The van der Waals surface area contributed by atoms with E-state index < -0.39 is 15.8 Å². The quantitative estimate of drug-likeness (QED) is 0.764. The number of benzene rings is 1. The van der Waals surface area contributed by atoms with E-state index in [1.165, 1.54) is 11.1 Å². The van der Waals surface area contributed by atoms with Crippen LogP contribution in [-0.4, -0.2) is 50.2 Å². The highest BCUT2D eigenvalue weighted by molar-refractivity contribution is 7.90. The van der Waals surface area contributed by atoms with Gasteiger partial charge in [-0.15, -0.1) is 0 Å². The second kappa shape index (κ2) is 9.47. The lowest BCUT2D eigenvalue weighted by atomic mass is 9.88. The van der Waals surface area contributed by atoms with Gasteiger partial charge in [-0.3, -0.25) is 4.79 Å². The predicted molar refractivity (Wildman–Crippen MR) is 114 cm³/mol. The number of ether oxygens (including phenoxy) is 1. The summed E-state index contributed by atoms with van der Waals surface area (Å²) in [6, 6.07) is 6.04. The van der Waals surface area contributed by atoms with Gasteiger partial charge in [-0.2, -0.15) is 0 Å². The first-order valence-electron chi connectivity index (χ1n) is 10.7. The van der Waals surface area contributed by atoms with Gasteiger partial charge in [0.1, 0.15) is 17.6 Å². The van der Waals surface area contributed by atoms with Gasteiger partial charge in [0.05, 0.1) is 0 Å². The number of nitrogens with zero attached hydrogens (tertiary/aromatic N) is 1. The average molecular weight is 423 g/mol. The molecule has 2 fully saturated rings. The number of hydrogen-bond donors (Lipinski definition) is 1. The zero-order valence-electron chi connectivity index (χ0n) is 17.8. The van der Waals surface area contributed by atoms with Crippen molar-refractivity contribution < 1.29 is 17.9 Å². The summed E-state index contributed by atoms with van der Waals surface area (Å²) in [5, 5.41) is 0. The molecule has 1 saturated carbocycles. The Morgan fingerprint density at radius 3 is 2.34 bits per heavy atom. The number of aryl methyl sites for hydroxylation is 2. The van der Waals surface area contributed by atoms with Crippen molar-refractivity contribution in [3.63, 3.8) is 0 Å². The number of rotatable bonds is 6. The largest absolute Gasteiger partial charge is 0.490 e. The standard InChI is InChI=1S/C22H34N2O4S/c1-16-4-7-19(8-5-16)23-29(26,27)15-22(25)24-12-10-20(11-13-24)28-21-9-6-17(2)18(3)14-21/h6,9,14,16,19-20,23H,4-5,7-8,10-13,15H2,1-3H3. The molecule has 7 heteroatoms. The van der Waals surface area contributed by atoms with E-state index in [2.05, 4.69) is 25.5 Å². The second-order valence-corrected chi connectivity index (χ2v) is 10.5. The van der Waals surface area contributed by atoms with Crippen molar-refractivity contribution in [2.24, 2.45) is 5.92 Å². The lowest BCUT2D eigenvalue weighted by Crippen LogP contribution is -2.47. The van der Waals surface area contributed by atoms with Crippen LogP contribution in [0.4, 0.5) is 0 Å². The highest BCUT2D eigenvalue weighted by Crippen LogP contribution is 2.24. The summed E-state index contributed by atoms with van der Waals surface area (Å²) in [7, 11) is -3.59. The summed E-state index contributed by atoms with van der Waals surface area (Å²) in [5.41, 5.74) is 2.43. The maximum Gasteiger partial charge on any atom is 0.239 e. The van der Waals surface area contributed by atoms with Crippen molar-refractivity contribution in [3.8, 4) is 5.75 Å². The van der Waals surface area contributed by atoms with Crippen molar-refractivity contribution in [1.82, 2.24) is 9.62 Å². The molecule has 1 aliphatic carbocycles. The summed E-state index contributed by atoms with van der Waals surface area (Å²) >= 11 is 0. The van der Waals surface area contributed by atoms with E-state index in [9.17, 15) is 13.2 Å². The first kappa shape index (κ1) is 22.1. The van der Waals surface area contributed by atoms with Crippen LogP contribution in [0.1, 0.15) is 56.6 Å². The van der Waals surface area contributed by atoms with Gasteiger partial charge in [0.15, 0.2) is 0 Å². The molecule has 3 rings (SSSR count). The molecule has 1 aromatic carbocycles. The zero-order valence-corrected chi connectivity index (χ0v) is 18.6. The van der Waals surface area contributed by atoms with E-state index in [0.717, 1.165) is 31.4 Å². The molecular formula is C22H34N2O4S. The van der Waals surface area contributed by atoms with Gasteiger partial charge in [-0.05, 0) is 68.7 Å². The number of hydrogen-bond acceptors (Lipinski definition) is 4. The van der Waals surface area contributed by atoms with E-state index in [4.69, 9.17) is 4.74 Å². The van der Waals surface area contributed by atoms with Crippen LogP contribution >= 0.6 is 0 Å². The van der Waals surface area contributed by atoms with Gasteiger partial charge in [0.25, 0.3) is 0 Å². The van der Waals surface area contributed by atoms with Crippen LogP contribution in [0.3, 0.4) is 0 Å². The lowest BCUT2D eigenvalue weighted by molar-refractivity contribution is -0.130. The number of carbonyl (C=O) groups excluding carboxylic acids is 1. The third-order valence-electron chi connectivity index (χ3n) is 6.25. The molecule has 2 aliphatic rings. The van der Waals surface area contributed by atoms with Crippen LogP contribution in [0.5, 0.6) is 5.75 Å². The van der Waals surface area contributed by atoms with Crippen LogP contribution in [0.15, 0.2) is 18.2 Å². The molecular weight excluding hydrogens is 388 g/mol. The van der Waals surface area contributed by atoms with Gasteiger partial charge < -0.3 is 9.64 Å².